The molecule has 2 N–H and O–H groups in total. The number of ether oxygens (including phenoxy) is 2. The van der Waals surface area contributed by atoms with Crippen molar-refractivity contribution in [2.75, 3.05) is 13.7 Å². The molecule has 0 radical (unpaired) electrons. The van der Waals surface area contributed by atoms with Crippen molar-refractivity contribution in [1.82, 2.24) is 24.9 Å². The molecule has 278 valence electrons. The van der Waals surface area contributed by atoms with Gasteiger partial charge < -0.3 is 19.7 Å². The molecule has 4 atom stereocenters. The van der Waals surface area contributed by atoms with Crippen LogP contribution in [-0.4, -0.2) is 77.1 Å². The molecule has 1 aromatic carbocycles. The Labute approximate surface area is 312 Å². The highest BCUT2D eigenvalue weighted by atomic mass is 35.5. The lowest BCUT2D eigenvalue weighted by molar-refractivity contribution is -0.139. The number of fused-ring (bicyclic) bond motifs is 3. The van der Waals surface area contributed by atoms with Crippen LogP contribution in [0.4, 0.5) is 0 Å². The van der Waals surface area contributed by atoms with E-state index >= 15 is 0 Å². The summed E-state index contributed by atoms with van der Waals surface area (Å²) in [5.74, 6) is -0.658. The van der Waals surface area contributed by atoms with Crippen molar-refractivity contribution in [3.63, 3.8) is 0 Å². The van der Waals surface area contributed by atoms with E-state index in [1.807, 2.05) is 29.7 Å². The lowest BCUT2D eigenvalue weighted by Gasteiger charge is -2.27. The first-order valence-corrected chi connectivity index (χ1v) is 20.6. The number of carbonyl (C=O) groups is 3. The molecule has 3 aromatic rings. The van der Waals surface area contributed by atoms with Crippen molar-refractivity contribution in [2.24, 2.45) is 5.92 Å². The Morgan fingerprint density at radius 1 is 1.15 bits per heavy atom. The maximum atomic E-state index is 14.2. The predicted molar refractivity (Wildman–Crippen MR) is 199 cm³/mol. The molecule has 2 aromatic heterocycles. The number of methoxy groups -OCH3 is 1. The molecule has 2 aliphatic heterocycles. The third kappa shape index (κ3) is 6.89. The number of carbonyl (C=O) groups excluding carboxylic acids is 3. The van der Waals surface area contributed by atoms with Gasteiger partial charge in [0.2, 0.25) is 21.8 Å². The average Bonchev–Trinajstić information content (AvgIpc) is 3.87. The maximum absolute atomic E-state index is 14.2. The number of hydrogen-bond acceptors (Lipinski definition) is 10. The molecule has 0 spiro atoms. The van der Waals surface area contributed by atoms with Crippen LogP contribution in [0.2, 0.25) is 5.02 Å². The lowest BCUT2D eigenvalue weighted by atomic mass is 10.1. The number of thiazole rings is 1. The fraction of sp³-hybridized carbons (Fsp3) is 0.541. The van der Waals surface area contributed by atoms with Crippen LogP contribution in [0.1, 0.15) is 90.2 Å². The molecule has 3 fully saturated rings. The minimum atomic E-state index is -3.93. The Hall–Kier alpha value is -3.75. The van der Waals surface area contributed by atoms with E-state index < -0.39 is 44.3 Å². The second kappa shape index (κ2) is 13.9. The molecule has 12 nitrogen and oxygen atoms in total. The Morgan fingerprint density at radius 2 is 1.94 bits per heavy atom. The Kier molecular flexibility index (Phi) is 9.79. The van der Waals surface area contributed by atoms with E-state index in [2.05, 4.69) is 23.9 Å². The first kappa shape index (κ1) is 36.6. The Bertz CT molecular complexity index is 2060. The molecule has 4 heterocycles. The predicted octanol–water partition coefficient (Wildman–Crippen LogP) is 5.89. The van der Waals surface area contributed by atoms with Gasteiger partial charge in [-0.05, 0) is 63.5 Å². The zero-order valence-corrected chi connectivity index (χ0v) is 32.1. The molecule has 15 heteroatoms. The third-order valence-corrected chi connectivity index (χ3v) is 14.2. The van der Waals surface area contributed by atoms with Crippen molar-refractivity contribution in [3.05, 3.63) is 46.4 Å². The molecule has 2 aliphatic carbocycles. The summed E-state index contributed by atoms with van der Waals surface area (Å²) in [6, 6.07) is 4.43. The van der Waals surface area contributed by atoms with E-state index in [0.717, 1.165) is 25.0 Å². The Balaban J connectivity index is 1.19. The van der Waals surface area contributed by atoms with Crippen LogP contribution in [0.25, 0.3) is 21.6 Å². The van der Waals surface area contributed by atoms with Crippen LogP contribution >= 0.6 is 22.9 Å². The van der Waals surface area contributed by atoms with Crippen LogP contribution in [0, 0.1) is 5.92 Å². The van der Waals surface area contributed by atoms with E-state index in [9.17, 15) is 22.8 Å². The van der Waals surface area contributed by atoms with E-state index in [-0.39, 0.29) is 43.6 Å². The van der Waals surface area contributed by atoms with E-state index in [0.29, 0.717) is 57.4 Å². The summed E-state index contributed by atoms with van der Waals surface area (Å²) in [6.07, 6.45) is 8.05. The second-order valence-corrected chi connectivity index (χ2v) is 18.4. The van der Waals surface area contributed by atoms with Crippen molar-refractivity contribution >= 4 is 61.6 Å². The standard InChI is InChI=1S/C37H44ClN5O7S2/c1-21(2)26-20-51-34(40-26)25-17-29(24-12-13-28(49-4)31(38)32(24)39-25)50-23-16-27-33(45)41-37(35(46)42-52(47,48)36(3)14-15-36)18-22(37)10-8-6-5-7-9-11-30(44)43(27)19-23/h8,10,12-13,17,20-23,27H,5-7,9,11,14-16,18-19H2,1-4H3,(H,41,45)(H,42,46)/t22-,23-,27+,37-/m1/s1. The van der Waals surface area contributed by atoms with Gasteiger partial charge in [0.05, 0.1) is 29.6 Å². The van der Waals surface area contributed by atoms with Gasteiger partial charge in [-0.2, -0.15) is 0 Å². The number of rotatable bonds is 8. The summed E-state index contributed by atoms with van der Waals surface area (Å²) in [7, 11) is -2.40. The minimum absolute atomic E-state index is 0.143. The number of amides is 3. The van der Waals surface area contributed by atoms with Gasteiger partial charge in [-0.3, -0.25) is 19.1 Å². The van der Waals surface area contributed by atoms with Gasteiger partial charge >= 0.3 is 0 Å². The molecule has 0 unspecified atom stereocenters. The summed E-state index contributed by atoms with van der Waals surface area (Å²) in [5.41, 5.74) is 0.542. The highest BCUT2D eigenvalue weighted by Gasteiger charge is 2.63. The molecule has 4 aliphatic rings. The van der Waals surface area contributed by atoms with Crippen LogP contribution in [-0.2, 0) is 24.4 Å². The van der Waals surface area contributed by atoms with Crippen molar-refractivity contribution < 1.29 is 32.3 Å². The van der Waals surface area contributed by atoms with Crippen molar-refractivity contribution in [3.8, 4) is 22.2 Å². The normalized spacial score (nSPS) is 26.0. The van der Waals surface area contributed by atoms with Gasteiger partial charge in [-0.25, -0.2) is 18.4 Å². The Morgan fingerprint density at radius 3 is 2.65 bits per heavy atom. The largest absolute Gasteiger partial charge is 0.495 e. The number of benzene rings is 1. The van der Waals surface area contributed by atoms with Crippen molar-refractivity contribution in [2.45, 2.75) is 107 Å². The maximum Gasteiger partial charge on any atom is 0.259 e. The molecule has 1 saturated heterocycles. The van der Waals surface area contributed by atoms with Gasteiger partial charge in [0, 0.05) is 35.6 Å². The van der Waals surface area contributed by atoms with E-state index in [4.69, 9.17) is 31.0 Å². The summed E-state index contributed by atoms with van der Waals surface area (Å²) in [5, 5.41) is 6.57. The third-order valence-electron chi connectivity index (χ3n) is 10.8. The van der Waals surface area contributed by atoms with Gasteiger partial charge in [0.1, 0.15) is 44.9 Å². The SMILES string of the molecule is COc1ccc2c(O[C@@H]3C[C@H]4C(=O)N[C@]5(C(=O)NS(=O)(=O)C6(C)CC6)C[C@H]5C=CCCCCCC(=O)N4C3)cc(-c3nc(C(C)C)cs3)nc2c1Cl. The monoisotopic (exact) mass is 769 g/mol. The average molecular weight is 770 g/mol. The first-order valence-electron chi connectivity index (χ1n) is 17.9. The number of nitrogens with zero attached hydrogens (tertiary/aromatic N) is 3. The zero-order chi connectivity index (χ0) is 37.0. The number of pyridine rings is 1. The summed E-state index contributed by atoms with van der Waals surface area (Å²) in [4.78, 5) is 52.8. The van der Waals surface area contributed by atoms with Crippen LogP contribution in [0.15, 0.2) is 35.7 Å². The smallest absolute Gasteiger partial charge is 0.259 e. The molecule has 52 heavy (non-hydrogen) atoms. The van der Waals surface area contributed by atoms with Crippen LogP contribution < -0.4 is 19.5 Å². The summed E-state index contributed by atoms with van der Waals surface area (Å²) < 4.78 is 39.5. The van der Waals surface area contributed by atoms with Crippen LogP contribution in [0.5, 0.6) is 11.5 Å². The second-order valence-electron chi connectivity index (χ2n) is 14.9. The minimum Gasteiger partial charge on any atom is -0.495 e. The molecule has 3 amide bonds. The van der Waals surface area contributed by atoms with Gasteiger partial charge in [-0.1, -0.05) is 44.0 Å². The molecule has 0 bridgehead atoms. The van der Waals surface area contributed by atoms with E-state index in [1.165, 1.54) is 18.4 Å². The van der Waals surface area contributed by atoms with Crippen molar-refractivity contribution in [1.29, 1.82) is 0 Å². The summed E-state index contributed by atoms with van der Waals surface area (Å²) >= 11 is 8.25. The quantitative estimate of drug-likeness (QED) is 0.267. The number of halogens is 1. The van der Waals surface area contributed by atoms with Crippen LogP contribution in [0.3, 0.4) is 0 Å². The highest BCUT2D eigenvalue weighted by molar-refractivity contribution is 7.91. The van der Waals surface area contributed by atoms with E-state index in [1.54, 1.807) is 17.9 Å². The lowest BCUT2D eigenvalue weighted by Crippen LogP contribution is -2.57. The summed E-state index contributed by atoms with van der Waals surface area (Å²) in [6.45, 7) is 5.89. The molecule has 2 saturated carbocycles. The topological polar surface area (TPSA) is 157 Å². The molecular weight excluding hydrogens is 726 g/mol. The fourth-order valence-corrected chi connectivity index (χ4v) is 9.55. The number of sulfonamides is 1. The first-order chi connectivity index (χ1) is 24.7. The highest BCUT2D eigenvalue weighted by Crippen LogP contribution is 2.48. The van der Waals surface area contributed by atoms with Gasteiger partial charge in [0.25, 0.3) is 5.91 Å². The molecule has 7 rings (SSSR count). The number of allylic oxidation sites excluding steroid dienone is 1. The van der Waals surface area contributed by atoms with Gasteiger partial charge in [-0.15, -0.1) is 11.3 Å². The van der Waals surface area contributed by atoms with Gasteiger partial charge in [0.15, 0.2) is 0 Å². The zero-order valence-electron chi connectivity index (χ0n) is 29.7. The number of hydrogen-bond donors (Lipinski definition) is 2. The molecular formula is C37H44ClN5O7S2. The number of aromatic nitrogens is 2. The fourth-order valence-electron chi connectivity index (χ4n) is 7.01. The number of nitrogens with one attached hydrogen (secondary N) is 2.